The Balaban J connectivity index is 1.73. The van der Waals surface area contributed by atoms with Gasteiger partial charge in [-0.3, -0.25) is 4.79 Å². The average Bonchev–Trinajstić information content (AvgIpc) is 3.04. The molecule has 3 rings (SSSR count). The maximum atomic E-state index is 11.3. The molecule has 18 heavy (non-hydrogen) atoms. The molecule has 0 aromatic carbocycles. The molecule has 2 saturated carbocycles. The summed E-state index contributed by atoms with van der Waals surface area (Å²) in [6.45, 7) is 4.74. The molecule has 4 unspecified atom stereocenters. The second-order valence-corrected chi connectivity index (χ2v) is 7.53. The number of rotatable bonds is 3. The molecule has 0 N–H and O–H groups in total. The van der Waals surface area contributed by atoms with E-state index < -0.39 is 0 Å². The smallest absolute Gasteiger partial charge is 0.202 e. The van der Waals surface area contributed by atoms with E-state index in [0.29, 0.717) is 17.6 Å². The summed E-state index contributed by atoms with van der Waals surface area (Å²) in [4.78, 5) is 11.3. The van der Waals surface area contributed by atoms with E-state index >= 15 is 0 Å². The molecule has 1 radical (unpaired) electrons. The third kappa shape index (κ3) is 2.24. The van der Waals surface area contributed by atoms with E-state index in [4.69, 9.17) is 4.74 Å². The lowest BCUT2D eigenvalue weighted by atomic mass is 9.58. The van der Waals surface area contributed by atoms with Crippen molar-refractivity contribution in [2.45, 2.75) is 77.4 Å². The number of carbonyl (C=O) groups excluding carboxylic acids is 1. The van der Waals surface area contributed by atoms with E-state index in [0.717, 1.165) is 12.8 Å². The highest BCUT2D eigenvalue weighted by Crippen LogP contribution is 2.55. The van der Waals surface area contributed by atoms with Gasteiger partial charge in [0.1, 0.15) is 0 Å². The van der Waals surface area contributed by atoms with E-state index in [9.17, 15) is 4.79 Å². The van der Waals surface area contributed by atoms with Crippen LogP contribution in [0.2, 0.25) is 0 Å². The molecule has 0 aromatic heterocycles. The van der Waals surface area contributed by atoms with E-state index in [2.05, 4.69) is 20.1 Å². The van der Waals surface area contributed by atoms with Crippen molar-refractivity contribution in [1.82, 2.24) is 0 Å². The zero-order valence-electron chi connectivity index (χ0n) is 11.7. The Morgan fingerprint density at radius 3 is 2.56 bits per heavy atom. The van der Waals surface area contributed by atoms with Gasteiger partial charge in [0.05, 0.1) is 12.2 Å². The fourth-order valence-corrected chi connectivity index (χ4v) is 4.63. The standard InChI is InChI=1S/C16H25O2/c1-15(6-4-3-5-7-15)11-16(2)9-14-13(18-14)8-12(16)10-17/h12-14H,3-9,11H2,1-2H3. The normalized spacial score (nSPS) is 46.2. The highest BCUT2D eigenvalue weighted by atomic mass is 16.6. The van der Waals surface area contributed by atoms with Crippen LogP contribution in [0.4, 0.5) is 0 Å². The highest BCUT2D eigenvalue weighted by molar-refractivity contribution is 5.57. The molecule has 0 bridgehead atoms. The van der Waals surface area contributed by atoms with Crippen LogP contribution in [0.25, 0.3) is 0 Å². The minimum Gasteiger partial charge on any atom is -0.370 e. The van der Waals surface area contributed by atoms with E-state index in [-0.39, 0.29) is 11.3 Å². The Bertz CT molecular complexity index is 332. The zero-order chi connectivity index (χ0) is 12.8. The predicted octanol–water partition coefficient (Wildman–Crippen LogP) is 3.64. The van der Waals surface area contributed by atoms with Crippen LogP contribution in [0.3, 0.4) is 0 Å². The van der Waals surface area contributed by atoms with Crippen molar-refractivity contribution in [3.05, 3.63) is 0 Å². The summed E-state index contributed by atoms with van der Waals surface area (Å²) in [6.07, 6.45) is 13.1. The van der Waals surface area contributed by atoms with Gasteiger partial charge in [-0.15, -0.1) is 0 Å². The van der Waals surface area contributed by atoms with Crippen LogP contribution in [-0.2, 0) is 9.53 Å². The van der Waals surface area contributed by atoms with Crippen LogP contribution in [0, 0.1) is 16.7 Å². The summed E-state index contributed by atoms with van der Waals surface area (Å²) in [5.74, 6) is 0.0972. The first kappa shape index (κ1) is 12.7. The SMILES string of the molecule is CC1(CC2(C)CC3OC3CC2[C]=O)CCCCC1. The largest absolute Gasteiger partial charge is 0.370 e. The van der Waals surface area contributed by atoms with Gasteiger partial charge >= 0.3 is 0 Å². The van der Waals surface area contributed by atoms with Crippen molar-refractivity contribution in [3.63, 3.8) is 0 Å². The van der Waals surface area contributed by atoms with Crippen LogP contribution >= 0.6 is 0 Å². The summed E-state index contributed by atoms with van der Waals surface area (Å²) < 4.78 is 5.65. The quantitative estimate of drug-likeness (QED) is 0.715. The lowest BCUT2D eigenvalue weighted by molar-refractivity contribution is 0.0660. The van der Waals surface area contributed by atoms with Crippen LogP contribution in [0.1, 0.15) is 65.2 Å². The van der Waals surface area contributed by atoms with Crippen molar-refractivity contribution in [1.29, 1.82) is 0 Å². The number of ether oxygens (including phenoxy) is 1. The zero-order valence-corrected chi connectivity index (χ0v) is 11.7. The van der Waals surface area contributed by atoms with Gasteiger partial charge < -0.3 is 4.74 Å². The van der Waals surface area contributed by atoms with Gasteiger partial charge in [-0.1, -0.05) is 33.1 Å². The number of fused-ring (bicyclic) bond motifs is 1. The molecule has 2 heteroatoms. The Morgan fingerprint density at radius 2 is 1.89 bits per heavy atom. The first-order valence-electron chi connectivity index (χ1n) is 7.58. The van der Waals surface area contributed by atoms with E-state index in [1.54, 1.807) is 0 Å². The molecule has 3 aliphatic rings. The summed E-state index contributed by atoms with van der Waals surface area (Å²) in [5, 5.41) is 0. The Morgan fingerprint density at radius 1 is 1.17 bits per heavy atom. The molecule has 0 spiro atoms. The Kier molecular flexibility index (Phi) is 3.04. The van der Waals surface area contributed by atoms with Crippen molar-refractivity contribution in [3.8, 4) is 0 Å². The van der Waals surface area contributed by atoms with Crippen LogP contribution in [-0.4, -0.2) is 18.5 Å². The van der Waals surface area contributed by atoms with Crippen molar-refractivity contribution < 1.29 is 9.53 Å². The van der Waals surface area contributed by atoms with Gasteiger partial charge in [0, 0.05) is 5.92 Å². The molecule has 4 atom stereocenters. The van der Waals surface area contributed by atoms with Crippen LogP contribution < -0.4 is 0 Å². The molecule has 1 heterocycles. The molecule has 2 aliphatic carbocycles. The third-order valence-electron chi connectivity index (χ3n) is 5.70. The van der Waals surface area contributed by atoms with Crippen molar-refractivity contribution in [2.24, 2.45) is 16.7 Å². The number of hydrogen-bond acceptors (Lipinski definition) is 2. The monoisotopic (exact) mass is 249 g/mol. The van der Waals surface area contributed by atoms with Crippen molar-refractivity contribution >= 4 is 6.29 Å². The molecule has 101 valence electrons. The topological polar surface area (TPSA) is 29.6 Å². The van der Waals surface area contributed by atoms with E-state index in [1.165, 1.54) is 38.5 Å². The van der Waals surface area contributed by atoms with Crippen LogP contribution in [0.15, 0.2) is 0 Å². The fraction of sp³-hybridized carbons (Fsp3) is 0.938. The average molecular weight is 249 g/mol. The highest BCUT2D eigenvalue weighted by Gasteiger charge is 2.55. The first-order chi connectivity index (χ1) is 8.55. The lowest BCUT2D eigenvalue weighted by Crippen LogP contribution is -2.40. The Hall–Kier alpha value is -0.370. The van der Waals surface area contributed by atoms with Gasteiger partial charge in [-0.25, -0.2) is 0 Å². The molecule has 0 aromatic rings. The molecule has 3 fully saturated rings. The summed E-state index contributed by atoms with van der Waals surface area (Å²) in [6, 6.07) is 0. The second kappa shape index (κ2) is 4.33. The molecular weight excluding hydrogens is 224 g/mol. The van der Waals surface area contributed by atoms with Gasteiger partial charge in [0.15, 0.2) is 0 Å². The van der Waals surface area contributed by atoms with Gasteiger partial charge in [0.2, 0.25) is 6.29 Å². The maximum absolute atomic E-state index is 11.3. The van der Waals surface area contributed by atoms with Gasteiger partial charge in [-0.05, 0) is 42.9 Å². The van der Waals surface area contributed by atoms with Crippen LogP contribution in [0.5, 0.6) is 0 Å². The van der Waals surface area contributed by atoms with E-state index in [1.807, 2.05) is 0 Å². The van der Waals surface area contributed by atoms with Gasteiger partial charge in [0.25, 0.3) is 0 Å². The van der Waals surface area contributed by atoms with Gasteiger partial charge in [-0.2, -0.15) is 0 Å². The predicted molar refractivity (Wildman–Crippen MR) is 71.0 cm³/mol. The summed E-state index contributed by atoms with van der Waals surface area (Å²) >= 11 is 0. The minimum absolute atomic E-state index is 0.0972. The molecular formula is C16H25O2. The summed E-state index contributed by atoms with van der Waals surface area (Å²) in [7, 11) is 0. The van der Waals surface area contributed by atoms with Crippen molar-refractivity contribution in [2.75, 3.05) is 0 Å². The third-order valence-corrected chi connectivity index (χ3v) is 5.70. The molecule has 1 saturated heterocycles. The Labute approximate surface area is 110 Å². The first-order valence-corrected chi connectivity index (χ1v) is 7.58. The molecule has 2 nitrogen and oxygen atoms in total. The number of epoxide rings is 1. The number of hydrogen-bond donors (Lipinski definition) is 0. The lowest BCUT2D eigenvalue weighted by Gasteiger charge is -2.45. The minimum atomic E-state index is 0.0972. The maximum Gasteiger partial charge on any atom is 0.202 e. The fourth-order valence-electron chi connectivity index (χ4n) is 4.63. The molecule has 0 amide bonds. The summed E-state index contributed by atoms with van der Waals surface area (Å²) in [5.41, 5.74) is 0.579. The molecule has 1 aliphatic heterocycles. The second-order valence-electron chi connectivity index (χ2n) is 7.53.